The maximum absolute atomic E-state index is 11.8. The van der Waals surface area contributed by atoms with Crippen molar-refractivity contribution in [1.82, 2.24) is 5.32 Å². The van der Waals surface area contributed by atoms with Crippen molar-refractivity contribution >= 4 is 23.6 Å². The van der Waals surface area contributed by atoms with Gasteiger partial charge in [0.05, 0.1) is 0 Å². The molecular weight excluding hydrogens is 302 g/mol. The smallest absolute Gasteiger partial charge is 0.244 e. The zero-order chi connectivity index (χ0) is 15.4. The molecule has 1 aliphatic heterocycles. The lowest BCUT2D eigenvalue weighted by atomic mass is 10.2. The third-order valence-corrected chi connectivity index (χ3v) is 3.60. The number of halogens is 1. The van der Waals surface area contributed by atoms with E-state index in [0.717, 1.165) is 16.9 Å². The summed E-state index contributed by atoms with van der Waals surface area (Å²) in [5, 5.41) is 3.44. The molecule has 1 N–H and O–H groups in total. The van der Waals surface area contributed by atoms with Crippen molar-refractivity contribution in [1.29, 1.82) is 0 Å². The van der Waals surface area contributed by atoms with Gasteiger partial charge in [-0.25, -0.2) is 0 Å². The molecule has 112 valence electrons. The maximum Gasteiger partial charge on any atom is 0.244 e. The van der Waals surface area contributed by atoms with Gasteiger partial charge in [-0.1, -0.05) is 35.9 Å². The fourth-order valence-electron chi connectivity index (χ4n) is 2.07. The summed E-state index contributed by atoms with van der Waals surface area (Å²) < 4.78 is 10.5. The Morgan fingerprint density at radius 3 is 2.86 bits per heavy atom. The van der Waals surface area contributed by atoms with E-state index in [1.54, 1.807) is 12.1 Å². The number of rotatable bonds is 4. The van der Waals surface area contributed by atoms with Crippen molar-refractivity contribution < 1.29 is 14.3 Å². The van der Waals surface area contributed by atoms with Crippen LogP contribution in [-0.2, 0) is 11.3 Å². The van der Waals surface area contributed by atoms with E-state index in [9.17, 15) is 4.79 Å². The van der Waals surface area contributed by atoms with Gasteiger partial charge in [-0.3, -0.25) is 4.79 Å². The third kappa shape index (κ3) is 3.40. The molecule has 2 aromatic rings. The molecule has 22 heavy (non-hydrogen) atoms. The largest absolute Gasteiger partial charge is 0.454 e. The molecule has 0 aromatic heterocycles. The van der Waals surface area contributed by atoms with E-state index in [1.807, 2.05) is 36.4 Å². The minimum Gasteiger partial charge on any atom is -0.454 e. The van der Waals surface area contributed by atoms with E-state index in [-0.39, 0.29) is 12.7 Å². The second-order valence-electron chi connectivity index (χ2n) is 4.76. The van der Waals surface area contributed by atoms with E-state index < -0.39 is 0 Å². The van der Waals surface area contributed by atoms with Crippen LogP contribution in [0.2, 0.25) is 5.02 Å². The summed E-state index contributed by atoms with van der Waals surface area (Å²) in [6.07, 6.45) is 3.21. The molecular formula is C17H14ClNO3. The number of ether oxygens (including phenoxy) is 2. The van der Waals surface area contributed by atoms with Crippen molar-refractivity contribution in [3.05, 3.63) is 64.7 Å². The Balaban J connectivity index is 1.58. The first-order valence-corrected chi connectivity index (χ1v) is 7.19. The summed E-state index contributed by atoms with van der Waals surface area (Å²) in [7, 11) is 0. The zero-order valence-electron chi connectivity index (χ0n) is 11.7. The molecule has 0 aliphatic carbocycles. The lowest BCUT2D eigenvalue weighted by Gasteiger charge is -2.04. The predicted molar refractivity (Wildman–Crippen MR) is 84.9 cm³/mol. The first kappa shape index (κ1) is 14.5. The summed E-state index contributed by atoms with van der Waals surface area (Å²) in [4.78, 5) is 11.8. The van der Waals surface area contributed by atoms with Crippen LogP contribution >= 0.6 is 11.6 Å². The molecule has 0 saturated carbocycles. The molecule has 0 spiro atoms. The van der Waals surface area contributed by atoms with Crippen molar-refractivity contribution in [2.45, 2.75) is 6.54 Å². The van der Waals surface area contributed by atoms with Gasteiger partial charge in [-0.15, -0.1) is 0 Å². The first-order valence-electron chi connectivity index (χ1n) is 6.81. The van der Waals surface area contributed by atoms with Crippen LogP contribution < -0.4 is 14.8 Å². The van der Waals surface area contributed by atoms with Gasteiger partial charge in [-0.05, 0) is 35.4 Å². The van der Waals surface area contributed by atoms with Crippen LogP contribution in [0.1, 0.15) is 11.1 Å². The molecule has 0 fully saturated rings. The number of carbonyl (C=O) groups is 1. The van der Waals surface area contributed by atoms with Crippen molar-refractivity contribution in [2.24, 2.45) is 0 Å². The number of hydrogen-bond acceptors (Lipinski definition) is 3. The molecule has 4 nitrogen and oxygen atoms in total. The molecule has 1 aliphatic rings. The van der Waals surface area contributed by atoms with Gasteiger partial charge in [0.2, 0.25) is 12.7 Å². The molecule has 5 heteroatoms. The summed E-state index contributed by atoms with van der Waals surface area (Å²) in [5.41, 5.74) is 1.76. The Kier molecular flexibility index (Phi) is 4.30. The first-order chi connectivity index (χ1) is 10.7. The minimum absolute atomic E-state index is 0.183. The van der Waals surface area contributed by atoms with Gasteiger partial charge in [0.15, 0.2) is 11.5 Å². The van der Waals surface area contributed by atoms with Crippen LogP contribution in [0.3, 0.4) is 0 Å². The molecule has 0 atom stereocenters. The van der Waals surface area contributed by atoms with Crippen molar-refractivity contribution in [3.8, 4) is 11.5 Å². The summed E-state index contributed by atoms with van der Waals surface area (Å²) in [5.74, 6) is 1.23. The standard InChI is InChI=1S/C17H14ClNO3/c18-14-4-2-1-3-13(14)10-19-17(20)8-6-12-5-7-15-16(9-12)22-11-21-15/h1-9H,10-11H2,(H,19,20). The molecule has 0 unspecified atom stereocenters. The molecule has 1 heterocycles. The molecule has 0 saturated heterocycles. The molecule has 1 amide bonds. The number of hydrogen-bond donors (Lipinski definition) is 1. The normalized spacial score (nSPS) is 12.6. The molecule has 3 rings (SSSR count). The van der Waals surface area contributed by atoms with Crippen LogP contribution in [0.25, 0.3) is 6.08 Å². The lowest BCUT2D eigenvalue weighted by molar-refractivity contribution is -0.116. The Bertz CT molecular complexity index is 728. The van der Waals surface area contributed by atoms with Gasteiger partial charge in [-0.2, -0.15) is 0 Å². The van der Waals surface area contributed by atoms with Crippen LogP contribution in [0.15, 0.2) is 48.5 Å². The van der Waals surface area contributed by atoms with E-state index in [1.165, 1.54) is 6.08 Å². The molecule has 2 aromatic carbocycles. The Morgan fingerprint density at radius 2 is 2.00 bits per heavy atom. The lowest BCUT2D eigenvalue weighted by Crippen LogP contribution is -2.20. The summed E-state index contributed by atoms with van der Waals surface area (Å²) in [6, 6.07) is 12.9. The zero-order valence-corrected chi connectivity index (χ0v) is 12.5. The quantitative estimate of drug-likeness (QED) is 0.880. The van der Waals surface area contributed by atoms with E-state index in [0.29, 0.717) is 17.3 Å². The topological polar surface area (TPSA) is 47.6 Å². The highest BCUT2D eigenvalue weighted by atomic mass is 35.5. The monoisotopic (exact) mass is 315 g/mol. The van der Waals surface area contributed by atoms with Gasteiger partial charge in [0.25, 0.3) is 0 Å². The second kappa shape index (κ2) is 6.54. The van der Waals surface area contributed by atoms with Crippen LogP contribution in [0.4, 0.5) is 0 Å². The Morgan fingerprint density at radius 1 is 1.18 bits per heavy atom. The highest BCUT2D eigenvalue weighted by molar-refractivity contribution is 6.31. The predicted octanol–water partition coefficient (Wildman–Crippen LogP) is 3.40. The SMILES string of the molecule is O=C(C=Cc1ccc2c(c1)OCO2)NCc1ccccc1Cl. The van der Waals surface area contributed by atoms with Gasteiger partial charge in [0, 0.05) is 17.6 Å². The van der Waals surface area contributed by atoms with E-state index in [4.69, 9.17) is 21.1 Å². The average Bonchev–Trinajstić information content (AvgIpc) is 2.99. The second-order valence-corrected chi connectivity index (χ2v) is 5.16. The highest BCUT2D eigenvalue weighted by Crippen LogP contribution is 2.32. The third-order valence-electron chi connectivity index (χ3n) is 3.23. The van der Waals surface area contributed by atoms with Gasteiger partial charge < -0.3 is 14.8 Å². The van der Waals surface area contributed by atoms with Gasteiger partial charge >= 0.3 is 0 Å². The van der Waals surface area contributed by atoms with Crippen LogP contribution in [-0.4, -0.2) is 12.7 Å². The fraction of sp³-hybridized carbons (Fsp3) is 0.118. The Hall–Kier alpha value is -2.46. The molecule has 0 radical (unpaired) electrons. The minimum atomic E-state index is -0.183. The number of nitrogens with one attached hydrogen (secondary N) is 1. The van der Waals surface area contributed by atoms with Crippen molar-refractivity contribution in [2.75, 3.05) is 6.79 Å². The number of benzene rings is 2. The number of amides is 1. The summed E-state index contributed by atoms with van der Waals surface area (Å²) >= 11 is 6.04. The molecule has 0 bridgehead atoms. The highest BCUT2D eigenvalue weighted by Gasteiger charge is 2.12. The Labute approximate surface area is 133 Å². The summed E-state index contributed by atoms with van der Waals surface area (Å²) in [6.45, 7) is 0.630. The number of carbonyl (C=O) groups excluding carboxylic acids is 1. The van der Waals surface area contributed by atoms with Crippen molar-refractivity contribution in [3.63, 3.8) is 0 Å². The van der Waals surface area contributed by atoms with Gasteiger partial charge in [0.1, 0.15) is 0 Å². The average molecular weight is 316 g/mol. The fourth-order valence-corrected chi connectivity index (χ4v) is 2.27. The maximum atomic E-state index is 11.8. The van der Waals surface area contributed by atoms with Crippen LogP contribution in [0, 0.1) is 0 Å². The van der Waals surface area contributed by atoms with Crippen LogP contribution in [0.5, 0.6) is 11.5 Å². The van der Waals surface area contributed by atoms with E-state index in [2.05, 4.69) is 5.32 Å². The number of fused-ring (bicyclic) bond motifs is 1. The van der Waals surface area contributed by atoms with E-state index >= 15 is 0 Å².